The lowest BCUT2D eigenvalue weighted by molar-refractivity contribution is 0.578. The van der Waals surface area contributed by atoms with E-state index in [4.69, 9.17) is 0 Å². The largest absolute Gasteiger partial charge is 0.240 e. The van der Waals surface area contributed by atoms with Crippen molar-refractivity contribution in [1.29, 1.82) is 0 Å². The van der Waals surface area contributed by atoms with E-state index in [-0.39, 0.29) is 0 Å². The summed E-state index contributed by atoms with van der Waals surface area (Å²) in [5.74, 6) is 0. The van der Waals surface area contributed by atoms with E-state index in [1.807, 2.05) is 26.8 Å². The normalized spacial score (nSPS) is 11.7. The molecule has 1 N–H and O–H groups in total. The molecule has 0 bridgehead atoms. The van der Waals surface area contributed by atoms with Crippen LogP contribution < -0.4 is 4.72 Å². The van der Waals surface area contributed by atoms with Gasteiger partial charge in [0.05, 0.1) is 4.90 Å². The fourth-order valence-electron chi connectivity index (χ4n) is 1.35. The maximum atomic E-state index is 11.9. The predicted octanol–water partition coefficient (Wildman–Crippen LogP) is 2.38. The lowest BCUT2D eigenvalue weighted by atomic mass is 10.1. The van der Waals surface area contributed by atoms with Gasteiger partial charge in [-0.3, -0.25) is 0 Å². The lowest BCUT2D eigenvalue weighted by Gasteiger charge is -2.08. The minimum atomic E-state index is -3.32. The molecular weight excluding hydrogens is 222 g/mol. The molecule has 0 atom stereocenters. The molecule has 0 saturated heterocycles. The van der Waals surface area contributed by atoms with Gasteiger partial charge in [0.15, 0.2) is 0 Å². The van der Waals surface area contributed by atoms with Crippen LogP contribution in [0.25, 0.3) is 0 Å². The van der Waals surface area contributed by atoms with E-state index in [0.717, 1.165) is 24.0 Å². The Morgan fingerprint density at radius 1 is 1.19 bits per heavy atom. The number of hydrogen-bond acceptors (Lipinski definition) is 2. The second kappa shape index (κ2) is 5.46. The second-order valence-corrected chi connectivity index (χ2v) is 5.76. The van der Waals surface area contributed by atoms with Crippen molar-refractivity contribution in [3.63, 3.8) is 0 Å². The van der Waals surface area contributed by atoms with Crippen LogP contribution in [0.2, 0.25) is 0 Å². The molecule has 0 aliphatic heterocycles. The number of unbranched alkanes of at least 4 members (excludes halogenated alkanes) is 1. The predicted molar refractivity (Wildman–Crippen MR) is 66.0 cm³/mol. The fourth-order valence-corrected chi connectivity index (χ4v) is 2.51. The van der Waals surface area contributed by atoms with Crippen molar-refractivity contribution in [3.05, 3.63) is 29.3 Å². The molecule has 0 spiro atoms. The summed E-state index contributed by atoms with van der Waals surface area (Å²) in [6, 6.07) is 5.20. The summed E-state index contributed by atoms with van der Waals surface area (Å²) < 4.78 is 26.3. The van der Waals surface area contributed by atoms with Crippen molar-refractivity contribution >= 4 is 10.0 Å². The van der Waals surface area contributed by atoms with Gasteiger partial charge in [0.25, 0.3) is 0 Å². The Hall–Kier alpha value is -0.870. The number of hydrogen-bond donors (Lipinski definition) is 1. The Bertz CT molecular complexity index is 452. The van der Waals surface area contributed by atoms with Crippen LogP contribution >= 0.6 is 0 Å². The molecule has 0 aromatic heterocycles. The lowest BCUT2D eigenvalue weighted by Crippen LogP contribution is -2.24. The van der Waals surface area contributed by atoms with Gasteiger partial charge in [-0.25, -0.2) is 13.1 Å². The maximum absolute atomic E-state index is 11.9. The summed E-state index contributed by atoms with van der Waals surface area (Å²) in [5, 5.41) is 0. The van der Waals surface area contributed by atoms with E-state index < -0.39 is 10.0 Å². The minimum absolute atomic E-state index is 0.353. The molecule has 0 unspecified atom stereocenters. The SMILES string of the molecule is CCCCNS(=O)(=O)c1ccc(C)c(C)c1. The van der Waals surface area contributed by atoms with Crippen LogP contribution in [0.4, 0.5) is 0 Å². The molecule has 1 aromatic rings. The average Bonchev–Trinajstić information content (AvgIpc) is 2.22. The van der Waals surface area contributed by atoms with Crippen molar-refractivity contribution in [2.75, 3.05) is 6.54 Å². The molecular formula is C12H19NO2S. The molecule has 16 heavy (non-hydrogen) atoms. The van der Waals surface area contributed by atoms with E-state index in [1.165, 1.54) is 0 Å². The molecule has 1 aromatic carbocycles. The Labute approximate surface area is 97.9 Å². The smallest absolute Gasteiger partial charge is 0.211 e. The highest BCUT2D eigenvalue weighted by atomic mass is 32.2. The van der Waals surface area contributed by atoms with E-state index in [1.54, 1.807) is 12.1 Å². The van der Waals surface area contributed by atoms with Gasteiger partial charge in [-0.1, -0.05) is 19.4 Å². The maximum Gasteiger partial charge on any atom is 0.240 e. The van der Waals surface area contributed by atoms with Crippen LogP contribution in [0.15, 0.2) is 23.1 Å². The number of nitrogens with one attached hydrogen (secondary N) is 1. The highest BCUT2D eigenvalue weighted by molar-refractivity contribution is 7.89. The van der Waals surface area contributed by atoms with Gasteiger partial charge >= 0.3 is 0 Å². The first kappa shape index (κ1) is 13.2. The van der Waals surface area contributed by atoms with Gasteiger partial charge in [-0.05, 0) is 43.5 Å². The standard InChI is InChI=1S/C12H19NO2S/c1-4-5-8-13-16(14,15)12-7-6-10(2)11(3)9-12/h6-7,9,13H,4-5,8H2,1-3H3. The van der Waals surface area contributed by atoms with Crippen LogP contribution in [-0.2, 0) is 10.0 Å². The van der Waals surface area contributed by atoms with Crippen molar-refractivity contribution in [1.82, 2.24) is 4.72 Å². The van der Waals surface area contributed by atoms with E-state index >= 15 is 0 Å². The zero-order valence-electron chi connectivity index (χ0n) is 10.1. The van der Waals surface area contributed by atoms with Gasteiger partial charge in [0.1, 0.15) is 0 Å². The molecule has 0 aliphatic carbocycles. The van der Waals surface area contributed by atoms with Gasteiger partial charge < -0.3 is 0 Å². The topological polar surface area (TPSA) is 46.2 Å². The van der Waals surface area contributed by atoms with Crippen LogP contribution in [0.3, 0.4) is 0 Å². The highest BCUT2D eigenvalue weighted by Gasteiger charge is 2.13. The third-order valence-electron chi connectivity index (χ3n) is 2.61. The van der Waals surface area contributed by atoms with Crippen molar-refractivity contribution in [3.8, 4) is 0 Å². The molecule has 0 saturated carbocycles. The first-order valence-electron chi connectivity index (χ1n) is 5.54. The monoisotopic (exact) mass is 241 g/mol. The van der Waals surface area contributed by atoms with Crippen molar-refractivity contribution in [2.24, 2.45) is 0 Å². The zero-order valence-corrected chi connectivity index (χ0v) is 10.9. The van der Waals surface area contributed by atoms with Gasteiger partial charge in [0, 0.05) is 6.54 Å². The molecule has 90 valence electrons. The van der Waals surface area contributed by atoms with E-state index in [2.05, 4.69) is 4.72 Å². The molecule has 0 fully saturated rings. The summed E-state index contributed by atoms with van der Waals surface area (Å²) in [5.41, 5.74) is 2.10. The molecule has 0 radical (unpaired) electrons. The van der Waals surface area contributed by atoms with Crippen LogP contribution in [-0.4, -0.2) is 15.0 Å². The molecule has 4 heteroatoms. The van der Waals surface area contributed by atoms with Gasteiger partial charge in [-0.2, -0.15) is 0 Å². The summed E-state index contributed by atoms with van der Waals surface area (Å²) in [4.78, 5) is 0.353. The molecule has 0 amide bonds. The Balaban J connectivity index is 2.86. The van der Waals surface area contributed by atoms with E-state index in [0.29, 0.717) is 11.4 Å². The molecule has 1 rings (SSSR count). The summed E-state index contributed by atoms with van der Waals surface area (Å²) >= 11 is 0. The van der Waals surface area contributed by atoms with Crippen LogP contribution in [0.5, 0.6) is 0 Å². The average molecular weight is 241 g/mol. The van der Waals surface area contributed by atoms with Gasteiger partial charge in [0.2, 0.25) is 10.0 Å². The Morgan fingerprint density at radius 2 is 1.88 bits per heavy atom. The summed E-state index contributed by atoms with van der Waals surface area (Å²) in [6.07, 6.45) is 1.85. The highest BCUT2D eigenvalue weighted by Crippen LogP contribution is 2.14. The second-order valence-electron chi connectivity index (χ2n) is 4.00. The van der Waals surface area contributed by atoms with E-state index in [9.17, 15) is 8.42 Å². The summed E-state index contributed by atoms with van der Waals surface area (Å²) in [7, 11) is -3.32. The minimum Gasteiger partial charge on any atom is -0.211 e. The van der Waals surface area contributed by atoms with Gasteiger partial charge in [-0.15, -0.1) is 0 Å². The van der Waals surface area contributed by atoms with Crippen LogP contribution in [0, 0.1) is 13.8 Å². The first-order chi connectivity index (χ1) is 7.47. The number of sulfonamides is 1. The molecule has 3 nitrogen and oxygen atoms in total. The number of aryl methyl sites for hydroxylation is 2. The van der Waals surface area contributed by atoms with Crippen molar-refractivity contribution in [2.45, 2.75) is 38.5 Å². The molecule has 0 aliphatic rings. The fraction of sp³-hybridized carbons (Fsp3) is 0.500. The quantitative estimate of drug-likeness (QED) is 0.804. The number of benzene rings is 1. The first-order valence-corrected chi connectivity index (χ1v) is 7.02. The molecule has 0 heterocycles. The third kappa shape index (κ3) is 3.32. The number of rotatable bonds is 5. The Kier molecular flexibility index (Phi) is 4.50. The Morgan fingerprint density at radius 3 is 2.44 bits per heavy atom. The van der Waals surface area contributed by atoms with Crippen LogP contribution in [0.1, 0.15) is 30.9 Å². The zero-order chi connectivity index (χ0) is 12.2. The van der Waals surface area contributed by atoms with Crippen molar-refractivity contribution < 1.29 is 8.42 Å². The summed E-state index contributed by atoms with van der Waals surface area (Å²) in [6.45, 7) is 6.42. The third-order valence-corrected chi connectivity index (χ3v) is 4.07.